The highest BCUT2D eigenvalue weighted by atomic mass is 127. The average molecular weight is 564 g/mol. The first-order valence-electron chi connectivity index (χ1n) is 9.60. The molecule has 1 fully saturated rings. The van der Waals surface area contributed by atoms with Crippen LogP contribution in [-0.2, 0) is 9.84 Å². The molecule has 2 heterocycles. The molecule has 1 aromatic carbocycles. The summed E-state index contributed by atoms with van der Waals surface area (Å²) in [6, 6.07) is 12.4. The number of nitrogens with one attached hydrogen (secondary N) is 2. The molecule has 30 heavy (non-hydrogen) atoms. The zero-order valence-corrected chi connectivity index (χ0v) is 20.7. The molecule has 0 spiro atoms. The van der Waals surface area contributed by atoms with Gasteiger partial charge in [0.25, 0.3) is 0 Å². The van der Waals surface area contributed by atoms with E-state index < -0.39 is 9.84 Å². The molecule has 1 aliphatic rings. The average Bonchev–Trinajstić information content (AvgIpc) is 3.19. The van der Waals surface area contributed by atoms with E-state index in [4.69, 9.17) is 11.6 Å². The number of anilines is 1. The minimum atomic E-state index is -3.26. The van der Waals surface area contributed by atoms with Gasteiger partial charge in [-0.1, -0.05) is 29.8 Å². The summed E-state index contributed by atoms with van der Waals surface area (Å²) >= 11 is 6.24. The lowest BCUT2D eigenvalue weighted by Crippen LogP contribution is -2.45. The molecule has 1 unspecified atom stereocenters. The first-order valence-corrected chi connectivity index (χ1v) is 11.6. The largest absolute Gasteiger partial charge is 0.356 e. The van der Waals surface area contributed by atoms with Crippen LogP contribution in [0.5, 0.6) is 0 Å². The van der Waals surface area contributed by atoms with Gasteiger partial charge in [0, 0.05) is 38.9 Å². The molecule has 7 nitrogen and oxygen atoms in total. The fraction of sp³-hybridized carbons (Fsp3) is 0.400. The van der Waals surface area contributed by atoms with E-state index in [0.717, 1.165) is 25.3 Å². The third-order valence-corrected chi connectivity index (χ3v) is 6.89. The molecule has 1 atom stereocenters. The van der Waals surface area contributed by atoms with Crippen LogP contribution in [0.4, 0.5) is 5.82 Å². The van der Waals surface area contributed by atoms with Gasteiger partial charge in [-0.15, -0.1) is 24.0 Å². The number of rotatable bonds is 7. The zero-order chi connectivity index (χ0) is 20.7. The highest BCUT2D eigenvalue weighted by molar-refractivity contribution is 14.0. The maximum atomic E-state index is 12.3. The Balaban J connectivity index is 0.00000320. The van der Waals surface area contributed by atoms with Crippen LogP contribution >= 0.6 is 35.6 Å². The number of hydrogen-bond donors (Lipinski definition) is 2. The van der Waals surface area contributed by atoms with Crippen LogP contribution in [0.15, 0.2) is 58.5 Å². The van der Waals surface area contributed by atoms with Crippen LogP contribution in [0.25, 0.3) is 0 Å². The number of nitrogens with zero attached hydrogens (tertiary/aromatic N) is 3. The molecule has 10 heteroatoms. The SMILES string of the molecule is CN=C(NCCCS(=O)(=O)c1ccccc1)NC1CCN(c2ncccc2Cl)C1.I. The predicted octanol–water partition coefficient (Wildman–Crippen LogP) is 2.96. The normalized spacial score (nSPS) is 16.8. The summed E-state index contributed by atoms with van der Waals surface area (Å²) in [6.45, 7) is 2.16. The van der Waals surface area contributed by atoms with Crippen molar-refractivity contribution in [2.45, 2.75) is 23.8 Å². The summed E-state index contributed by atoms with van der Waals surface area (Å²) in [4.78, 5) is 11.1. The Morgan fingerprint density at radius 2 is 2.03 bits per heavy atom. The number of benzene rings is 1. The lowest BCUT2D eigenvalue weighted by molar-refractivity contribution is 0.591. The second kappa shape index (κ2) is 11.7. The summed E-state index contributed by atoms with van der Waals surface area (Å²) in [5.41, 5.74) is 0. The van der Waals surface area contributed by atoms with Gasteiger partial charge in [0.1, 0.15) is 5.82 Å². The van der Waals surface area contributed by atoms with Gasteiger partial charge in [0.15, 0.2) is 15.8 Å². The summed E-state index contributed by atoms with van der Waals surface area (Å²) in [7, 11) is -1.55. The molecule has 0 aliphatic carbocycles. The fourth-order valence-corrected chi connectivity index (χ4v) is 4.86. The van der Waals surface area contributed by atoms with Crippen molar-refractivity contribution in [2.75, 3.05) is 37.3 Å². The van der Waals surface area contributed by atoms with Crippen molar-refractivity contribution in [3.05, 3.63) is 53.7 Å². The van der Waals surface area contributed by atoms with Crippen LogP contribution in [0.3, 0.4) is 0 Å². The summed E-state index contributed by atoms with van der Waals surface area (Å²) in [5, 5.41) is 7.24. The molecule has 0 amide bonds. The van der Waals surface area contributed by atoms with Crippen LogP contribution in [0, 0.1) is 0 Å². The van der Waals surface area contributed by atoms with Crippen LogP contribution in [-0.4, -0.2) is 57.8 Å². The summed E-state index contributed by atoms with van der Waals surface area (Å²) in [6.07, 6.45) is 3.18. The second-order valence-corrected chi connectivity index (χ2v) is 9.39. The number of guanidine groups is 1. The van der Waals surface area contributed by atoms with Gasteiger partial charge >= 0.3 is 0 Å². The van der Waals surface area contributed by atoms with Crippen molar-refractivity contribution < 1.29 is 8.42 Å². The van der Waals surface area contributed by atoms with Crippen molar-refractivity contribution in [1.82, 2.24) is 15.6 Å². The molecule has 164 valence electrons. The van der Waals surface area contributed by atoms with Crippen LogP contribution in [0.1, 0.15) is 12.8 Å². The standard InChI is InChI=1S/C20H26ClN5O2S.HI/c1-22-20(24-12-6-14-29(27,28)17-7-3-2-4-8-17)25-16-10-13-26(15-16)19-18(21)9-5-11-23-19;/h2-5,7-9,11,16H,6,10,12-15H2,1H3,(H2,22,24,25);1H. The van der Waals surface area contributed by atoms with Gasteiger partial charge in [-0.3, -0.25) is 4.99 Å². The van der Waals surface area contributed by atoms with E-state index in [1.165, 1.54) is 0 Å². The predicted molar refractivity (Wildman–Crippen MR) is 133 cm³/mol. The first-order chi connectivity index (χ1) is 14.0. The fourth-order valence-electron chi connectivity index (χ4n) is 3.28. The van der Waals surface area contributed by atoms with Gasteiger partial charge in [0.05, 0.1) is 15.7 Å². The van der Waals surface area contributed by atoms with Crippen molar-refractivity contribution in [3.63, 3.8) is 0 Å². The molecule has 1 aliphatic heterocycles. The first kappa shape index (κ1) is 24.7. The van der Waals surface area contributed by atoms with E-state index in [-0.39, 0.29) is 35.8 Å². The van der Waals surface area contributed by atoms with Crippen LogP contribution < -0.4 is 15.5 Å². The lowest BCUT2D eigenvalue weighted by Gasteiger charge is -2.20. The molecular weight excluding hydrogens is 537 g/mol. The van der Waals surface area contributed by atoms with E-state index in [9.17, 15) is 8.42 Å². The number of aliphatic imine (C=N–C) groups is 1. The number of hydrogen-bond acceptors (Lipinski definition) is 5. The van der Waals surface area contributed by atoms with Gasteiger partial charge in [-0.25, -0.2) is 13.4 Å². The second-order valence-electron chi connectivity index (χ2n) is 6.87. The third kappa shape index (κ3) is 6.71. The minimum Gasteiger partial charge on any atom is -0.356 e. The number of pyridine rings is 1. The third-order valence-electron chi connectivity index (χ3n) is 4.78. The Bertz CT molecular complexity index is 943. The van der Waals surface area contributed by atoms with Crippen LogP contribution in [0.2, 0.25) is 5.02 Å². The molecule has 1 aromatic heterocycles. The summed E-state index contributed by atoms with van der Waals surface area (Å²) in [5.74, 6) is 1.56. The quantitative estimate of drug-likeness (QED) is 0.233. The Labute approximate surface area is 200 Å². The topological polar surface area (TPSA) is 86.7 Å². The smallest absolute Gasteiger partial charge is 0.191 e. The van der Waals surface area contributed by atoms with E-state index in [1.54, 1.807) is 37.5 Å². The Kier molecular flexibility index (Phi) is 9.63. The Morgan fingerprint density at radius 1 is 1.27 bits per heavy atom. The summed E-state index contributed by atoms with van der Waals surface area (Å²) < 4.78 is 24.7. The number of halogens is 2. The molecule has 3 rings (SSSR count). The van der Waals surface area contributed by atoms with Gasteiger partial charge in [-0.05, 0) is 37.1 Å². The maximum Gasteiger partial charge on any atom is 0.191 e. The van der Waals surface area contributed by atoms with E-state index in [2.05, 4.69) is 25.5 Å². The maximum absolute atomic E-state index is 12.3. The molecule has 2 N–H and O–H groups in total. The van der Waals surface area contributed by atoms with E-state index in [0.29, 0.717) is 28.8 Å². The number of aromatic nitrogens is 1. The van der Waals surface area contributed by atoms with E-state index in [1.807, 2.05) is 18.2 Å². The zero-order valence-electron chi connectivity index (χ0n) is 16.8. The molecule has 0 bridgehead atoms. The number of sulfone groups is 1. The lowest BCUT2D eigenvalue weighted by atomic mass is 10.3. The molecule has 1 saturated heterocycles. The molecule has 2 aromatic rings. The van der Waals surface area contributed by atoms with Gasteiger partial charge in [0.2, 0.25) is 0 Å². The van der Waals surface area contributed by atoms with Gasteiger partial charge < -0.3 is 15.5 Å². The molecule has 0 saturated carbocycles. The van der Waals surface area contributed by atoms with Crippen molar-refractivity contribution >= 4 is 57.2 Å². The molecular formula is C20H27ClIN5O2S. The molecule has 0 radical (unpaired) electrons. The highest BCUT2D eigenvalue weighted by Crippen LogP contribution is 2.25. The monoisotopic (exact) mass is 563 g/mol. The Morgan fingerprint density at radius 3 is 2.73 bits per heavy atom. The van der Waals surface area contributed by atoms with Crippen molar-refractivity contribution in [2.24, 2.45) is 4.99 Å². The minimum absolute atomic E-state index is 0. The Hall–Kier alpha value is -1.59. The van der Waals surface area contributed by atoms with Crippen molar-refractivity contribution in [3.8, 4) is 0 Å². The highest BCUT2D eigenvalue weighted by Gasteiger charge is 2.25. The van der Waals surface area contributed by atoms with Crippen molar-refractivity contribution in [1.29, 1.82) is 0 Å². The van der Waals surface area contributed by atoms with E-state index >= 15 is 0 Å². The van der Waals surface area contributed by atoms with Gasteiger partial charge in [-0.2, -0.15) is 0 Å².